The van der Waals surface area contributed by atoms with Crippen molar-refractivity contribution < 1.29 is 0 Å². The molecule has 0 radical (unpaired) electrons. The van der Waals surface area contributed by atoms with E-state index in [0.717, 1.165) is 5.03 Å². The van der Waals surface area contributed by atoms with Gasteiger partial charge in [-0.2, -0.15) is 0 Å². The van der Waals surface area contributed by atoms with Gasteiger partial charge in [-0.1, -0.05) is 17.8 Å². The van der Waals surface area contributed by atoms with Crippen LogP contribution in [0.3, 0.4) is 0 Å². The molecular formula is C12H13N3S. The predicted molar refractivity (Wildman–Crippen MR) is 66.5 cm³/mol. The van der Waals surface area contributed by atoms with Crippen molar-refractivity contribution in [2.45, 2.75) is 23.8 Å². The molecule has 82 valence electrons. The van der Waals surface area contributed by atoms with Crippen LogP contribution in [0.2, 0.25) is 0 Å². The molecule has 2 aromatic rings. The summed E-state index contributed by atoms with van der Waals surface area (Å²) in [6.45, 7) is 4.21. The minimum Gasteiger partial charge on any atom is -0.368 e. The van der Waals surface area contributed by atoms with E-state index in [1.807, 2.05) is 6.07 Å². The SMILES string of the molecule is Cc1ccc(Sc2ccnc(N)n2)cc1C. The van der Waals surface area contributed by atoms with E-state index >= 15 is 0 Å². The molecule has 1 aromatic heterocycles. The molecule has 0 fully saturated rings. The summed E-state index contributed by atoms with van der Waals surface area (Å²) in [5.41, 5.74) is 8.11. The largest absolute Gasteiger partial charge is 0.368 e. The van der Waals surface area contributed by atoms with Gasteiger partial charge in [-0.05, 0) is 43.2 Å². The Morgan fingerprint density at radius 1 is 1.12 bits per heavy atom. The third kappa shape index (κ3) is 2.52. The molecule has 16 heavy (non-hydrogen) atoms. The summed E-state index contributed by atoms with van der Waals surface area (Å²) in [5, 5.41) is 0.871. The second kappa shape index (κ2) is 4.53. The molecule has 0 aliphatic heterocycles. The first-order valence-electron chi connectivity index (χ1n) is 4.99. The number of hydrogen-bond acceptors (Lipinski definition) is 4. The molecule has 2 rings (SSSR count). The summed E-state index contributed by atoms with van der Waals surface area (Å²) in [6, 6.07) is 8.21. The van der Waals surface area contributed by atoms with Gasteiger partial charge in [-0.25, -0.2) is 9.97 Å². The van der Waals surface area contributed by atoms with E-state index in [1.165, 1.54) is 16.0 Å². The van der Waals surface area contributed by atoms with Gasteiger partial charge in [0.05, 0.1) is 0 Å². The molecule has 0 bridgehead atoms. The molecule has 1 aromatic carbocycles. The van der Waals surface area contributed by atoms with Crippen molar-refractivity contribution >= 4 is 17.7 Å². The van der Waals surface area contributed by atoms with Crippen LogP contribution in [0.1, 0.15) is 11.1 Å². The van der Waals surface area contributed by atoms with Gasteiger partial charge in [0.1, 0.15) is 5.03 Å². The zero-order valence-corrected chi connectivity index (χ0v) is 10.1. The van der Waals surface area contributed by atoms with Gasteiger partial charge >= 0.3 is 0 Å². The van der Waals surface area contributed by atoms with Crippen LogP contribution in [0.4, 0.5) is 5.95 Å². The monoisotopic (exact) mass is 231 g/mol. The molecule has 3 nitrogen and oxygen atoms in total. The van der Waals surface area contributed by atoms with E-state index in [2.05, 4.69) is 42.0 Å². The fourth-order valence-electron chi connectivity index (χ4n) is 1.31. The molecule has 0 atom stereocenters. The maximum atomic E-state index is 5.53. The molecule has 0 amide bonds. The van der Waals surface area contributed by atoms with Crippen molar-refractivity contribution in [2.24, 2.45) is 0 Å². The Balaban J connectivity index is 2.24. The van der Waals surface area contributed by atoms with Crippen molar-refractivity contribution in [1.29, 1.82) is 0 Å². The maximum absolute atomic E-state index is 5.53. The fourth-order valence-corrected chi connectivity index (χ4v) is 2.19. The molecule has 1 heterocycles. The highest BCUT2D eigenvalue weighted by Crippen LogP contribution is 2.27. The van der Waals surface area contributed by atoms with Gasteiger partial charge in [0, 0.05) is 11.1 Å². The van der Waals surface area contributed by atoms with Crippen LogP contribution in [-0.2, 0) is 0 Å². The molecule has 0 aliphatic rings. The Kier molecular flexibility index (Phi) is 3.10. The minimum absolute atomic E-state index is 0.314. The fraction of sp³-hybridized carbons (Fsp3) is 0.167. The number of nitrogens with two attached hydrogens (primary N) is 1. The minimum atomic E-state index is 0.314. The van der Waals surface area contributed by atoms with Crippen LogP contribution in [-0.4, -0.2) is 9.97 Å². The van der Waals surface area contributed by atoms with Crippen LogP contribution >= 0.6 is 11.8 Å². The van der Waals surface area contributed by atoms with Crippen LogP contribution in [0.15, 0.2) is 40.4 Å². The molecule has 0 saturated carbocycles. The van der Waals surface area contributed by atoms with E-state index in [9.17, 15) is 0 Å². The van der Waals surface area contributed by atoms with E-state index in [-0.39, 0.29) is 0 Å². The molecule has 0 saturated heterocycles. The predicted octanol–water partition coefficient (Wildman–Crippen LogP) is 2.83. The number of anilines is 1. The second-order valence-corrected chi connectivity index (χ2v) is 4.70. The van der Waals surface area contributed by atoms with Gasteiger partial charge < -0.3 is 5.73 Å². The topological polar surface area (TPSA) is 51.8 Å². The number of aromatic nitrogens is 2. The van der Waals surface area contributed by atoms with Crippen LogP contribution in [0.5, 0.6) is 0 Å². The Bertz CT molecular complexity index is 511. The zero-order chi connectivity index (χ0) is 11.5. The van der Waals surface area contributed by atoms with Crippen molar-refractivity contribution in [3.05, 3.63) is 41.6 Å². The van der Waals surface area contributed by atoms with Gasteiger partial charge in [0.25, 0.3) is 0 Å². The summed E-state index contributed by atoms with van der Waals surface area (Å²) in [6.07, 6.45) is 1.67. The second-order valence-electron chi connectivity index (χ2n) is 3.60. The van der Waals surface area contributed by atoms with Crippen molar-refractivity contribution in [3.8, 4) is 0 Å². The quantitative estimate of drug-likeness (QED) is 0.807. The number of hydrogen-bond donors (Lipinski definition) is 1. The van der Waals surface area contributed by atoms with Crippen LogP contribution in [0, 0.1) is 13.8 Å². The average molecular weight is 231 g/mol. The first-order valence-corrected chi connectivity index (χ1v) is 5.80. The summed E-state index contributed by atoms with van der Waals surface area (Å²) < 4.78 is 0. The van der Waals surface area contributed by atoms with Crippen molar-refractivity contribution in [2.75, 3.05) is 5.73 Å². The van der Waals surface area contributed by atoms with E-state index < -0.39 is 0 Å². The highest BCUT2D eigenvalue weighted by Gasteiger charge is 2.01. The lowest BCUT2D eigenvalue weighted by molar-refractivity contribution is 1.06. The molecule has 0 unspecified atom stereocenters. The Morgan fingerprint density at radius 2 is 1.94 bits per heavy atom. The number of aryl methyl sites for hydroxylation is 2. The third-order valence-corrected chi connectivity index (χ3v) is 3.28. The lowest BCUT2D eigenvalue weighted by Gasteiger charge is -2.04. The van der Waals surface area contributed by atoms with Gasteiger partial charge in [0.2, 0.25) is 5.95 Å². The standard InChI is InChI=1S/C12H13N3S/c1-8-3-4-10(7-9(8)2)16-11-5-6-14-12(13)15-11/h3-7H,1-2H3,(H2,13,14,15). The summed E-state index contributed by atoms with van der Waals surface area (Å²) >= 11 is 1.59. The van der Waals surface area contributed by atoms with Crippen LogP contribution in [0.25, 0.3) is 0 Å². The summed E-state index contributed by atoms with van der Waals surface area (Å²) in [5.74, 6) is 0.314. The van der Waals surface area contributed by atoms with Crippen LogP contribution < -0.4 is 5.73 Å². The third-order valence-electron chi connectivity index (χ3n) is 2.35. The molecule has 4 heteroatoms. The van der Waals surface area contributed by atoms with Crippen molar-refractivity contribution in [3.63, 3.8) is 0 Å². The lowest BCUT2D eigenvalue weighted by atomic mass is 10.1. The average Bonchev–Trinajstić information content (AvgIpc) is 2.24. The maximum Gasteiger partial charge on any atom is 0.221 e. The summed E-state index contributed by atoms with van der Waals surface area (Å²) in [7, 11) is 0. The molecular weight excluding hydrogens is 218 g/mol. The zero-order valence-electron chi connectivity index (χ0n) is 9.27. The first-order chi connectivity index (χ1) is 7.65. The van der Waals surface area contributed by atoms with E-state index in [1.54, 1.807) is 18.0 Å². The van der Waals surface area contributed by atoms with Gasteiger partial charge in [-0.3, -0.25) is 0 Å². The highest BCUT2D eigenvalue weighted by molar-refractivity contribution is 7.99. The smallest absolute Gasteiger partial charge is 0.221 e. The highest BCUT2D eigenvalue weighted by atomic mass is 32.2. The number of nitrogen functional groups attached to an aromatic ring is 1. The lowest BCUT2D eigenvalue weighted by Crippen LogP contribution is -1.94. The Labute approximate surface area is 99.1 Å². The van der Waals surface area contributed by atoms with Gasteiger partial charge in [-0.15, -0.1) is 0 Å². The Morgan fingerprint density at radius 3 is 2.62 bits per heavy atom. The Hall–Kier alpha value is -1.55. The first kappa shape index (κ1) is 11.0. The summed E-state index contributed by atoms with van der Waals surface area (Å²) in [4.78, 5) is 9.18. The number of nitrogens with zero attached hydrogens (tertiary/aromatic N) is 2. The van der Waals surface area contributed by atoms with E-state index in [0.29, 0.717) is 5.95 Å². The molecule has 0 spiro atoms. The number of rotatable bonds is 2. The molecule has 0 aliphatic carbocycles. The molecule has 2 N–H and O–H groups in total. The normalized spacial score (nSPS) is 10.4. The van der Waals surface area contributed by atoms with Gasteiger partial charge in [0.15, 0.2) is 0 Å². The number of benzene rings is 1. The van der Waals surface area contributed by atoms with Crippen molar-refractivity contribution in [1.82, 2.24) is 9.97 Å². The van der Waals surface area contributed by atoms with E-state index in [4.69, 9.17) is 5.73 Å².